The van der Waals surface area contributed by atoms with Crippen molar-refractivity contribution < 1.29 is 9.59 Å². The first-order chi connectivity index (χ1) is 4.20. The fourth-order valence-electron chi connectivity index (χ4n) is 0.669. The summed E-state index contributed by atoms with van der Waals surface area (Å²) >= 11 is 0. The van der Waals surface area contributed by atoms with Crippen molar-refractivity contribution >= 4 is 11.8 Å². The first kappa shape index (κ1) is 6.07. The summed E-state index contributed by atoms with van der Waals surface area (Å²) in [6.07, 6.45) is 0. The molecule has 50 valence electrons. The maximum atomic E-state index is 10.7. The number of amides is 2. The zero-order valence-electron chi connectivity index (χ0n) is 5.18. The molecule has 1 heterocycles. The highest BCUT2D eigenvalue weighted by Gasteiger charge is 2.18. The van der Waals surface area contributed by atoms with Gasteiger partial charge in [0.05, 0.1) is 13.1 Å². The van der Waals surface area contributed by atoms with Crippen LogP contribution in [0.15, 0.2) is 0 Å². The Labute approximate surface area is 52.8 Å². The Kier molecular flexibility index (Phi) is 1.38. The van der Waals surface area contributed by atoms with Crippen LogP contribution in [0.25, 0.3) is 0 Å². The Morgan fingerprint density at radius 2 is 2.22 bits per heavy atom. The predicted octanol–water partition coefficient (Wildman–Crippen LogP) is -1.43. The number of carbonyl (C=O) groups is 2. The van der Waals surface area contributed by atoms with Gasteiger partial charge in [-0.05, 0) is 0 Å². The van der Waals surface area contributed by atoms with Crippen LogP contribution in [0.1, 0.15) is 0 Å². The molecule has 0 bridgehead atoms. The van der Waals surface area contributed by atoms with Gasteiger partial charge in [-0.3, -0.25) is 9.59 Å². The van der Waals surface area contributed by atoms with Gasteiger partial charge in [-0.25, -0.2) is 0 Å². The van der Waals surface area contributed by atoms with E-state index in [-0.39, 0.29) is 24.9 Å². The van der Waals surface area contributed by atoms with Crippen molar-refractivity contribution in [2.24, 2.45) is 0 Å². The fourth-order valence-corrected chi connectivity index (χ4v) is 0.669. The molecule has 0 aromatic carbocycles. The lowest BCUT2D eigenvalue weighted by Gasteiger charge is -2.21. The third-order valence-corrected chi connectivity index (χ3v) is 1.24. The van der Waals surface area contributed by atoms with Crippen molar-refractivity contribution in [2.45, 2.75) is 0 Å². The van der Waals surface area contributed by atoms with E-state index in [1.54, 1.807) is 7.05 Å². The Morgan fingerprint density at radius 3 is 2.67 bits per heavy atom. The van der Waals surface area contributed by atoms with Crippen molar-refractivity contribution in [3.63, 3.8) is 0 Å². The molecule has 0 aliphatic carbocycles. The van der Waals surface area contributed by atoms with Gasteiger partial charge in [0.25, 0.3) is 0 Å². The molecule has 9 heavy (non-hydrogen) atoms. The standard InChI is InChI=1S/C5H8N2O2/c1-7-3-4(8)6-2-5(7)9/h2-3H2,1H3,(H,6,8)/i5+1,6+1. The Balaban J connectivity index is 2.54. The van der Waals surface area contributed by atoms with Crippen LogP contribution < -0.4 is 5.32 Å². The van der Waals surface area contributed by atoms with Crippen LogP contribution >= 0.6 is 0 Å². The molecule has 0 unspecified atom stereocenters. The number of hydrogen-bond acceptors (Lipinski definition) is 2. The summed E-state index contributed by atoms with van der Waals surface area (Å²) in [7, 11) is 1.61. The number of carbonyl (C=O) groups excluding carboxylic acids is 2. The highest BCUT2D eigenvalue weighted by Crippen LogP contribution is 1.88. The lowest BCUT2D eigenvalue weighted by atomic mass is 10.5. The average molecular weight is 130 g/mol. The predicted molar refractivity (Wildman–Crippen MR) is 30.6 cm³/mol. The molecule has 4 nitrogen and oxygen atoms in total. The van der Waals surface area contributed by atoms with Gasteiger partial charge in [0, 0.05) is 7.05 Å². The van der Waals surface area contributed by atoms with E-state index in [9.17, 15) is 9.59 Å². The lowest BCUT2D eigenvalue weighted by molar-refractivity contribution is -0.139. The highest BCUT2D eigenvalue weighted by atomic mass is 16.2. The van der Waals surface area contributed by atoms with Gasteiger partial charge in [0.1, 0.15) is 0 Å². The molecule has 0 saturated carbocycles. The van der Waals surface area contributed by atoms with Crippen molar-refractivity contribution in [2.75, 3.05) is 20.1 Å². The third-order valence-electron chi connectivity index (χ3n) is 1.24. The SMILES string of the molecule is CN1CC(=O)[15NH]C[13C]1=O. The van der Waals surface area contributed by atoms with E-state index >= 15 is 0 Å². The van der Waals surface area contributed by atoms with Crippen LogP contribution in [-0.2, 0) is 9.59 Å². The van der Waals surface area contributed by atoms with E-state index in [4.69, 9.17) is 0 Å². The first-order valence-corrected chi connectivity index (χ1v) is 2.71. The molecule has 1 fully saturated rings. The average Bonchev–Trinajstić information content (AvgIpc) is 1.80. The monoisotopic (exact) mass is 130 g/mol. The van der Waals surface area contributed by atoms with Crippen LogP contribution in [0, 0.1) is 0 Å². The van der Waals surface area contributed by atoms with Gasteiger partial charge in [0.15, 0.2) is 0 Å². The quantitative estimate of drug-likeness (QED) is 0.323. The molecule has 1 rings (SSSR count). The van der Waals surface area contributed by atoms with Crippen molar-refractivity contribution in [3.8, 4) is 0 Å². The van der Waals surface area contributed by atoms with Gasteiger partial charge < -0.3 is 10.2 Å². The Hall–Kier alpha value is -1.06. The van der Waals surface area contributed by atoms with Gasteiger partial charge in [-0.15, -0.1) is 0 Å². The minimum Gasteiger partial charge on any atom is -0.345 e. The van der Waals surface area contributed by atoms with Gasteiger partial charge in [0.2, 0.25) is 11.8 Å². The zero-order chi connectivity index (χ0) is 6.85. The molecule has 2 amide bonds. The number of piperazine rings is 1. The second-order valence-corrected chi connectivity index (χ2v) is 2.03. The number of hydrogen-bond donors (Lipinski definition) is 1. The topological polar surface area (TPSA) is 49.4 Å². The molecular formula is C5H8N2O2. The largest absolute Gasteiger partial charge is 0.345 e. The van der Waals surface area contributed by atoms with Crippen LogP contribution in [0.2, 0.25) is 0 Å². The molecule has 1 saturated heterocycles. The summed E-state index contributed by atoms with van der Waals surface area (Å²) < 4.78 is 0. The summed E-state index contributed by atoms with van der Waals surface area (Å²) in [4.78, 5) is 22.6. The number of rotatable bonds is 0. The number of nitrogens with zero attached hydrogens (tertiary/aromatic N) is 1. The number of nitrogens with one attached hydrogen (secondary N) is 1. The Morgan fingerprint density at radius 1 is 1.56 bits per heavy atom. The zero-order valence-corrected chi connectivity index (χ0v) is 5.18. The van der Waals surface area contributed by atoms with Gasteiger partial charge >= 0.3 is 0 Å². The van der Waals surface area contributed by atoms with E-state index in [2.05, 4.69) is 5.32 Å². The molecular weight excluding hydrogens is 122 g/mol. The van der Waals surface area contributed by atoms with Crippen molar-refractivity contribution in [1.29, 1.82) is 0 Å². The summed E-state index contributed by atoms with van der Waals surface area (Å²) in [5, 5.41) is 2.43. The van der Waals surface area contributed by atoms with Crippen LogP contribution in [0.3, 0.4) is 0 Å². The second-order valence-electron chi connectivity index (χ2n) is 2.03. The Bertz CT molecular complexity index is 155. The van der Waals surface area contributed by atoms with Crippen molar-refractivity contribution in [3.05, 3.63) is 0 Å². The minimum atomic E-state index is -0.0860. The van der Waals surface area contributed by atoms with E-state index in [1.165, 1.54) is 4.90 Å². The lowest BCUT2D eigenvalue weighted by Crippen LogP contribution is -2.49. The highest BCUT2D eigenvalue weighted by molar-refractivity contribution is 5.92. The van der Waals surface area contributed by atoms with Crippen LogP contribution in [0.5, 0.6) is 0 Å². The summed E-state index contributed by atoms with van der Waals surface area (Å²) in [6.45, 7) is 0.341. The van der Waals surface area contributed by atoms with E-state index in [0.717, 1.165) is 0 Å². The minimum absolute atomic E-state index is 0.0328. The van der Waals surface area contributed by atoms with Crippen LogP contribution in [-0.4, -0.2) is 36.9 Å². The van der Waals surface area contributed by atoms with Gasteiger partial charge in [-0.2, -0.15) is 0 Å². The van der Waals surface area contributed by atoms with E-state index < -0.39 is 0 Å². The van der Waals surface area contributed by atoms with Gasteiger partial charge in [-0.1, -0.05) is 0 Å². The fraction of sp³-hybridized carbons (Fsp3) is 0.600. The normalized spacial score (nSPS) is 19.9. The molecule has 0 aromatic heterocycles. The first-order valence-electron chi connectivity index (χ1n) is 2.71. The maximum Gasteiger partial charge on any atom is 0.242 e. The molecule has 1 aliphatic rings. The molecule has 1 N–H and O–H groups in total. The summed E-state index contributed by atoms with van der Waals surface area (Å²) in [6, 6.07) is 0. The van der Waals surface area contributed by atoms with Crippen molar-refractivity contribution in [1.82, 2.24) is 10.2 Å². The van der Waals surface area contributed by atoms with Crippen LogP contribution in [0.4, 0.5) is 0 Å². The molecule has 1 aliphatic heterocycles. The van der Waals surface area contributed by atoms with E-state index in [1.807, 2.05) is 0 Å². The molecule has 0 aromatic rings. The maximum absolute atomic E-state index is 10.7. The van der Waals surface area contributed by atoms with E-state index in [0.29, 0.717) is 0 Å². The molecule has 0 radical (unpaired) electrons. The molecule has 4 heteroatoms. The molecule has 0 spiro atoms. The summed E-state index contributed by atoms with van der Waals surface area (Å²) in [5.41, 5.74) is 0. The third kappa shape index (κ3) is 1.19. The number of likely N-dealkylation sites (N-methyl/N-ethyl adjacent to an activating group) is 1. The smallest absolute Gasteiger partial charge is 0.242 e. The second kappa shape index (κ2) is 2.05. The summed E-state index contributed by atoms with van der Waals surface area (Å²) in [5.74, 6) is -0.119. The molecule has 0 atom stereocenters.